The minimum atomic E-state index is -1.86. The van der Waals surface area contributed by atoms with Gasteiger partial charge in [0.05, 0.1) is 10.6 Å². The minimum Gasteiger partial charge on any atom is -0.202 e. The first-order valence-electron chi connectivity index (χ1n) is 3.20. The first kappa shape index (κ1) is 10.4. The smallest absolute Gasteiger partial charge is 0.197 e. The molecule has 0 atom stereocenters. The van der Waals surface area contributed by atoms with Crippen molar-refractivity contribution >= 4 is 11.6 Å². The molecule has 0 radical (unpaired) electrons. The minimum absolute atomic E-state index is 0.703. The lowest BCUT2D eigenvalue weighted by atomic mass is 10.1. The van der Waals surface area contributed by atoms with E-state index in [-0.39, 0.29) is 0 Å². The summed E-state index contributed by atoms with van der Waals surface area (Å²) in [5, 5.41) is 15.9. The van der Waals surface area contributed by atoms with Crippen LogP contribution in [-0.4, -0.2) is 0 Å². The highest BCUT2D eigenvalue weighted by Crippen LogP contribution is 2.27. The van der Waals surface area contributed by atoms with E-state index in [1.54, 1.807) is 0 Å². The van der Waals surface area contributed by atoms with Crippen molar-refractivity contribution in [3.05, 3.63) is 33.6 Å². The third-order valence-electron chi connectivity index (χ3n) is 1.49. The molecule has 1 aromatic rings. The van der Waals surface area contributed by atoms with E-state index in [1.807, 2.05) is 0 Å². The lowest BCUT2D eigenvalue weighted by molar-refractivity contribution is 0.445. The van der Waals surface area contributed by atoms with E-state index in [0.717, 1.165) is 0 Å². The molecule has 1 rings (SSSR count). The second-order valence-corrected chi connectivity index (χ2v) is 2.61. The molecule has 70 valence electrons. The van der Waals surface area contributed by atoms with Gasteiger partial charge in [-0.1, -0.05) is 11.6 Å². The maximum atomic E-state index is 12.8. The molecule has 0 fully saturated rings. The highest BCUT2D eigenvalue weighted by Gasteiger charge is 2.23. The highest BCUT2D eigenvalue weighted by molar-refractivity contribution is 6.32. The lowest BCUT2D eigenvalue weighted by Gasteiger charge is -2.02. The molecule has 0 aliphatic heterocycles. The van der Waals surface area contributed by atoms with Crippen molar-refractivity contribution in [1.82, 2.24) is 0 Å². The normalized spacial score (nSPS) is 9.29. The van der Waals surface area contributed by atoms with Gasteiger partial charge in [0, 0.05) is 0 Å². The molecule has 0 N–H and O–H groups in total. The van der Waals surface area contributed by atoms with E-state index in [2.05, 4.69) is 0 Å². The number of nitrogens with zero attached hydrogens (tertiary/aromatic N) is 2. The Balaban J connectivity index is 3.79. The fourth-order valence-electron chi connectivity index (χ4n) is 0.842. The van der Waals surface area contributed by atoms with Gasteiger partial charge in [-0.05, 0) is 0 Å². The van der Waals surface area contributed by atoms with Gasteiger partial charge >= 0.3 is 0 Å². The van der Waals surface area contributed by atoms with Crippen molar-refractivity contribution in [1.29, 1.82) is 10.5 Å². The molecule has 0 amide bonds. The molecule has 1 aromatic carbocycles. The summed E-state index contributed by atoms with van der Waals surface area (Å²) in [6.07, 6.45) is 0. The Kier molecular flexibility index (Phi) is 2.64. The van der Waals surface area contributed by atoms with Crippen molar-refractivity contribution < 1.29 is 13.2 Å². The molecule has 0 bridgehead atoms. The van der Waals surface area contributed by atoms with Crippen LogP contribution in [0.1, 0.15) is 11.1 Å². The van der Waals surface area contributed by atoms with Gasteiger partial charge in [0.15, 0.2) is 17.5 Å². The molecule has 0 aromatic heterocycles. The summed E-state index contributed by atoms with van der Waals surface area (Å²) < 4.78 is 38.3. The molecular formula is C8ClF3N2. The Morgan fingerprint density at radius 1 is 0.857 bits per heavy atom. The van der Waals surface area contributed by atoms with Crippen molar-refractivity contribution in [2.75, 3.05) is 0 Å². The van der Waals surface area contributed by atoms with Gasteiger partial charge in [-0.3, -0.25) is 0 Å². The van der Waals surface area contributed by atoms with Crippen LogP contribution in [0.15, 0.2) is 0 Å². The average Bonchev–Trinajstić information content (AvgIpc) is 2.20. The van der Waals surface area contributed by atoms with Gasteiger partial charge in [0.25, 0.3) is 0 Å². The van der Waals surface area contributed by atoms with E-state index >= 15 is 0 Å². The Labute approximate surface area is 81.7 Å². The van der Waals surface area contributed by atoms with E-state index in [4.69, 9.17) is 22.1 Å². The van der Waals surface area contributed by atoms with Gasteiger partial charge in [-0.25, -0.2) is 13.2 Å². The highest BCUT2D eigenvalue weighted by atomic mass is 35.5. The third-order valence-corrected chi connectivity index (χ3v) is 1.85. The largest absolute Gasteiger partial charge is 0.202 e. The molecule has 0 spiro atoms. The van der Waals surface area contributed by atoms with Crippen LogP contribution < -0.4 is 0 Å². The second-order valence-electron chi connectivity index (χ2n) is 2.23. The summed E-state index contributed by atoms with van der Waals surface area (Å²) in [6, 6.07) is 2.56. The lowest BCUT2D eigenvalue weighted by Crippen LogP contribution is -2.00. The van der Waals surface area contributed by atoms with Crippen LogP contribution in [0, 0.1) is 40.1 Å². The van der Waals surface area contributed by atoms with Crippen LogP contribution in [0.5, 0.6) is 0 Å². The molecular weight excluding hydrogens is 217 g/mol. The molecule has 0 saturated heterocycles. The maximum absolute atomic E-state index is 12.8. The zero-order valence-electron chi connectivity index (χ0n) is 6.41. The Morgan fingerprint density at radius 3 is 1.79 bits per heavy atom. The summed E-state index contributed by atoms with van der Waals surface area (Å²) in [5.74, 6) is -5.23. The Hall–Kier alpha value is -1.72. The Morgan fingerprint density at radius 2 is 1.36 bits per heavy atom. The fraction of sp³-hybridized carbons (Fsp3) is 0. The number of halogens is 4. The van der Waals surface area contributed by atoms with Crippen molar-refractivity contribution in [2.24, 2.45) is 0 Å². The standard InChI is InChI=1S/C8ClF3N2/c9-5-3(1-13)4(2-14)6(10)8(12)7(5)11. The van der Waals surface area contributed by atoms with Crippen LogP contribution in [0.4, 0.5) is 13.2 Å². The molecule has 0 aliphatic carbocycles. The van der Waals surface area contributed by atoms with Crippen LogP contribution in [0.2, 0.25) is 5.02 Å². The monoisotopic (exact) mass is 216 g/mol. The number of nitriles is 2. The zero-order chi connectivity index (χ0) is 10.9. The Bertz CT molecular complexity index is 440. The summed E-state index contributed by atoms with van der Waals surface area (Å²) in [7, 11) is 0. The summed E-state index contributed by atoms with van der Waals surface area (Å²) in [5.41, 5.74) is -1.60. The van der Waals surface area contributed by atoms with Crippen LogP contribution in [0.3, 0.4) is 0 Å². The first-order valence-corrected chi connectivity index (χ1v) is 3.58. The van der Waals surface area contributed by atoms with Gasteiger partial charge in [0.2, 0.25) is 0 Å². The quantitative estimate of drug-likeness (QED) is 0.494. The zero-order valence-corrected chi connectivity index (χ0v) is 7.16. The molecule has 0 unspecified atom stereocenters. The SMILES string of the molecule is N#Cc1c(F)c(F)c(F)c(Cl)c1C#N. The summed E-state index contributed by atoms with van der Waals surface area (Å²) in [4.78, 5) is 0. The van der Waals surface area contributed by atoms with E-state index < -0.39 is 33.6 Å². The number of hydrogen-bond acceptors (Lipinski definition) is 2. The van der Waals surface area contributed by atoms with Crippen LogP contribution >= 0.6 is 11.6 Å². The van der Waals surface area contributed by atoms with Crippen LogP contribution in [-0.2, 0) is 0 Å². The third kappa shape index (κ3) is 1.28. The van der Waals surface area contributed by atoms with E-state index in [9.17, 15) is 13.2 Å². The maximum Gasteiger partial charge on any atom is 0.197 e. The van der Waals surface area contributed by atoms with Gasteiger partial charge in [-0.2, -0.15) is 10.5 Å². The van der Waals surface area contributed by atoms with Crippen LogP contribution in [0.25, 0.3) is 0 Å². The van der Waals surface area contributed by atoms with E-state index in [1.165, 1.54) is 12.1 Å². The molecule has 0 saturated carbocycles. The van der Waals surface area contributed by atoms with Gasteiger partial charge in [0.1, 0.15) is 17.7 Å². The van der Waals surface area contributed by atoms with Gasteiger partial charge < -0.3 is 0 Å². The second kappa shape index (κ2) is 3.57. The van der Waals surface area contributed by atoms with Crippen molar-refractivity contribution in [3.8, 4) is 12.1 Å². The molecule has 2 nitrogen and oxygen atoms in total. The predicted octanol–water partition coefficient (Wildman–Crippen LogP) is 2.50. The van der Waals surface area contributed by atoms with Gasteiger partial charge in [-0.15, -0.1) is 0 Å². The average molecular weight is 217 g/mol. The molecule has 6 heteroatoms. The first-order chi connectivity index (χ1) is 6.54. The number of benzene rings is 1. The molecule has 0 heterocycles. The summed E-state index contributed by atoms with van der Waals surface area (Å²) in [6.45, 7) is 0. The number of hydrogen-bond donors (Lipinski definition) is 0. The molecule has 14 heavy (non-hydrogen) atoms. The molecule has 0 aliphatic rings. The van der Waals surface area contributed by atoms with Crippen molar-refractivity contribution in [3.63, 3.8) is 0 Å². The number of rotatable bonds is 0. The van der Waals surface area contributed by atoms with E-state index in [0.29, 0.717) is 0 Å². The summed E-state index contributed by atoms with van der Waals surface area (Å²) >= 11 is 5.20. The predicted molar refractivity (Wildman–Crippen MR) is 40.8 cm³/mol. The topological polar surface area (TPSA) is 47.6 Å². The fourth-order valence-corrected chi connectivity index (χ4v) is 1.06. The van der Waals surface area contributed by atoms with Crippen molar-refractivity contribution in [2.45, 2.75) is 0 Å².